The van der Waals surface area contributed by atoms with E-state index >= 15 is 0 Å². The van der Waals surface area contributed by atoms with E-state index in [2.05, 4.69) is 27.3 Å². The van der Waals surface area contributed by atoms with Crippen LogP contribution in [0.15, 0.2) is 29.8 Å². The highest BCUT2D eigenvalue weighted by Gasteiger charge is 2.08. The Morgan fingerprint density at radius 3 is 2.82 bits per heavy atom. The van der Waals surface area contributed by atoms with E-state index in [4.69, 9.17) is 0 Å². The van der Waals surface area contributed by atoms with Gasteiger partial charge in [0.25, 0.3) is 0 Å². The fourth-order valence-corrected chi connectivity index (χ4v) is 1.84. The monoisotopic (exact) mass is 249 g/mol. The molecule has 0 amide bonds. The molecule has 0 radical (unpaired) electrons. The topological polar surface area (TPSA) is 55.6 Å². The van der Waals surface area contributed by atoms with Gasteiger partial charge in [0.1, 0.15) is 10.8 Å². The van der Waals surface area contributed by atoms with Crippen molar-refractivity contribution in [2.24, 2.45) is 7.05 Å². The third kappa shape index (κ3) is 2.97. The number of rotatable bonds is 4. The second-order valence-electron chi connectivity index (χ2n) is 3.76. The molecule has 6 heteroatoms. The van der Waals surface area contributed by atoms with Gasteiger partial charge >= 0.3 is 0 Å². The molecular weight excluding hydrogens is 234 g/mol. The minimum atomic E-state index is 0.162. The van der Waals surface area contributed by atoms with Crippen LogP contribution in [0.3, 0.4) is 0 Å². The van der Waals surface area contributed by atoms with Gasteiger partial charge in [0.05, 0.1) is 24.6 Å². The zero-order chi connectivity index (χ0) is 12.3. The average Bonchev–Trinajstić information content (AvgIpc) is 2.76. The Balaban J connectivity index is 2.09. The summed E-state index contributed by atoms with van der Waals surface area (Å²) in [5.41, 5.74) is 1.13. The van der Waals surface area contributed by atoms with Crippen LogP contribution < -0.4 is 5.32 Å². The molecule has 1 atom stereocenters. The molecule has 0 saturated carbocycles. The molecule has 2 heterocycles. The lowest BCUT2D eigenvalue weighted by Gasteiger charge is -2.12. The first kappa shape index (κ1) is 11.9. The number of hydrogen-bond donors (Lipinski definition) is 1. The highest BCUT2D eigenvalue weighted by molar-refractivity contribution is 7.98. The van der Waals surface area contributed by atoms with Gasteiger partial charge in [0.2, 0.25) is 0 Å². The van der Waals surface area contributed by atoms with Crippen LogP contribution in [0.1, 0.15) is 18.5 Å². The highest BCUT2D eigenvalue weighted by atomic mass is 32.2. The molecule has 0 aliphatic carbocycles. The van der Waals surface area contributed by atoms with E-state index in [1.807, 2.05) is 25.7 Å². The quantitative estimate of drug-likeness (QED) is 0.841. The van der Waals surface area contributed by atoms with E-state index in [0.29, 0.717) is 0 Å². The van der Waals surface area contributed by atoms with Gasteiger partial charge in [-0.15, -0.1) is 11.8 Å². The number of aromatic nitrogens is 4. The van der Waals surface area contributed by atoms with Crippen molar-refractivity contribution in [2.45, 2.75) is 18.0 Å². The normalized spacial score (nSPS) is 12.4. The Morgan fingerprint density at radius 2 is 2.18 bits per heavy atom. The molecule has 2 aromatic heterocycles. The molecule has 0 aliphatic rings. The van der Waals surface area contributed by atoms with Gasteiger partial charge in [0, 0.05) is 18.8 Å². The maximum atomic E-state index is 4.43. The van der Waals surface area contributed by atoms with Gasteiger partial charge in [0.15, 0.2) is 0 Å². The first-order valence-electron chi connectivity index (χ1n) is 5.30. The Kier molecular flexibility index (Phi) is 3.63. The minimum Gasteiger partial charge on any atom is -0.362 e. The van der Waals surface area contributed by atoms with Crippen molar-refractivity contribution in [3.63, 3.8) is 0 Å². The fourth-order valence-electron chi connectivity index (χ4n) is 1.48. The Labute approximate surface area is 105 Å². The summed E-state index contributed by atoms with van der Waals surface area (Å²) < 4.78 is 1.79. The predicted molar refractivity (Wildman–Crippen MR) is 69.1 cm³/mol. The molecule has 2 rings (SSSR count). The van der Waals surface area contributed by atoms with Gasteiger partial charge in [-0.2, -0.15) is 5.10 Å². The zero-order valence-electron chi connectivity index (χ0n) is 10.1. The van der Waals surface area contributed by atoms with E-state index in [1.54, 1.807) is 28.8 Å². The van der Waals surface area contributed by atoms with E-state index in [1.165, 1.54) is 0 Å². The number of aryl methyl sites for hydroxylation is 1. The lowest BCUT2D eigenvalue weighted by Crippen LogP contribution is -2.07. The van der Waals surface area contributed by atoms with E-state index in [-0.39, 0.29) is 6.04 Å². The first-order valence-corrected chi connectivity index (χ1v) is 6.52. The Morgan fingerprint density at radius 1 is 1.35 bits per heavy atom. The molecule has 0 aliphatic heterocycles. The first-order chi connectivity index (χ1) is 8.19. The average molecular weight is 249 g/mol. The summed E-state index contributed by atoms with van der Waals surface area (Å²) in [6.07, 6.45) is 9.31. The maximum absolute atomic E-state index is 4.43. The van der Waals surface area contributed by atoms with Gasteiger partial charge in [-0.3, -0.25) is 9.67 Å². The highest BCUT2D eigenvalue weighted by Crippen LogP contribution is 2.18. The van der Waals surface area contributed by atoms with Crippen molar-refractivity contribution < 1.29 is 0 Å². The van der Waals surface area contributed by atoms with Crippen molar-refractivity contribution in [3.05, 3.63) is 30.4 Å². The molecule has 90 valence electrons. The number of hydrogen-bond acceptors (Lipinski definition) is 5. The summed E-state index contributed by atoms with van der Waals surface area (Å²) in [4.78, 5) is 8.57. The number of nitrogens with one attached hydrogen (secondary N) is 1. The second kappa shape index (κ2) is 5.18. The molecule has 2 aromatic rings. The summed E-state index contributed by atoms with van der Waals surface area (Å²) in [6.45, 7) is 2.07. The van der Waals surface area contributed by atoms with Crippen molar-refractivity contribution in [3.8, 4) is 0 Å². The van der Waals surface area contributed by atoms with Crippen molar-refractivity contribution in [1.82, 2.24) is 19.7 Å². The second-order valence-corrected chi connectivity index (χ2v) is 4.59. The Hall–Kier alpha value is -1.56. The zero-order valence-corrected chi connectivity index (χ0v) is 10.9. The van der Waals surface area contributed by atoms with Crippen molar-refractivity contribution in [2.75, 3.05) is 11.6 Å². The fraction of sp³-hybridized carbons (Fsp3) is 0.364. The van der Waals surface area contributed by atoms with Crippen LogP contribution in [0.4, 0.5) is 5.82 Å². The van der Waals surface area contributed by atoms with Gasteiger partial charge in [-0.25, -0.2) is 4.98 Å². The lowest BCUT2D eigenvalue weighted by molar-refractivity contribution is 0.765. The largest absolute Gasteiger partial charge is 0.362 e. The minimum absolute atomic E-state index is 0.162. The molecule has 1 N–H and O–H groups in total. The molecule has 0 aromatic carbocycles. The molecule has 0 spiro atoms. The van der Waals surface area contributed by atoms with Crippen LogP contribution in [0.5, 0.6) is 0 Å². The summed E-state index contributed by atoms with van der Waals surface area (Å²) in [7, 11) is 1.91. The van der Waals surface area contributed by atoms with Gasteiger partial charge in [-0.1, -0.05) is 0 Å². The number of anilines is 1. The number of nitrogens with zero attached hydrogens (tertiary/aromatic N) is 4. The SMILES string of the molecule is CSc1cncc(NC(C)c2cnn(C)c2)n1. The third-order valence-corrected chi connectivity index (χ3v) is 3.03. The van der Waals surface area contributed by atoms with Crippen molar-refractivity contribution >= 4 is 17.6 Å². The lowest BCUT2D eigenvalue weighted by atomic mass is 10.2. The molecule has 0 fully saturated rings. The number of thioether (sulfide) groups is 1. The van der Waals surface area contributed by atoms with Gasteiger partial charge in [-0.05, 0) is 13.2 Å². The maximum Gasteiger partial charge on any atom is 0.146 e. The summed E-state index contributed by atoms with van der Waals surface area (Å²) in [5, 5.41) is 8.37. The van der Waals surface area contributed by atoms with Crippen LogP contribution in [0.2, 0.25) is 0 Å². The van der Waals surface area contributed by atoms with Crippen molar-refractivity contribution in [1.29, 1.82) is 0 Å². The molecule has 1 unspecified atom stereocenters. The standard InChI is InChI=1S/C11H15N5S/c1-8(9-4-13-16(2)7-9)14-10-5-12-6-11(15-10)17-3/h4-8H,1-3H3,(H,14,15). The third-order valence-electron chi connectivity index (χ3n) is 2.41. The van der Waals surface area contributed by atoms with E-state index in [0.717, 1.165) is 16.4 Å². The van der Waals surface area contributed by atoms with Crippen LogP contribution in [0, 0.1) is 0 Å². The van der Waals surface area contributed by atoms with Crippen LogP contribution in [-0.2, 0) is 7.05 Å². The predicted octanol–water partition coefficient (Wildman–Crippen LogP) is 2.11. The van der Waals surface area contributed by atoms with Crippen LogP contribution in [0.25, 0.3) is 0 Å². The summed E-state index contributed by atoms with van der Waals surface area (Å²) >= 11 is 1.58. The molecule has 0 bridgehead atoms. The van der Waals surface area contributed by atoms with Gasteiger partial charge < -0.3 is 5.32 Å². The summed E-state index contributed by atoms with van der Waals surface area (Å²) in [6, 6.07) is 0.162. The molecule has 0 saturated heterocycles. The Bertz CT molecular complexity index is 496. The van der Waals surface area contributed by atoms with Crippen LogP contribution >= 0.6 is 11.8 Å². The summed E-state index contributed by atoms with van der Waals surface area (Å²) in [5.74, 6) is 0.785. The van der Waals surface area contributed by atoms with E-state index < -0.39 is 0 Å². The van der Waals surface area contributed by atoms with E-state index in [9.17, 15) is 0 Å². The smallest absolute Gasteiger partial charge is 0.146 e. The molecule has 17 heavy (non-hydrogen) atoms. The molecule has 5 nitrogen and oxygen atoms in total. The molecular formula is C11H15N5S. The van der Waals surface area contributed by atoms with Crippen LogP contribution in [-0.4, -0.2) is 26.0 Å².